The molecule has 164 valence electrons. The third kappa shape index (κ3) is 4.67. The number of thiazole rings is 1. The molecule has 0 saturated heterocycles. The van der Waals surface area contributed by atoms with Gasteiger partial charge in [-0.2, -0.15) is 4.72 Å². The summed E-state index contributed by atoms with van der Waals surface area (Å²) in [6.45, 7) is 1.16. The van der Waals surface area contributed by atoms with E-state index in [2.05, 4.69) is 9.71 Å². The largest absolute Gasteiger partial charge is 0.458 e. The van der Waals surface area contributed by atoms with Gasteiger partial charge in [-0.3, -0.25) is 14.0 Å². The van der Waals surface area contributed by atoms with Gasteiger partial charge in [-0.1, -0.05) is 11.6 Å². The van der Waals surface area contributed by atoms with Gasteiger partial charge < -0.3 is 4.74 Å². The minimum Gasteiger partial charge on any atom is -0.458 e. The number of hydrogen-bond acceptors (Lipinski definition) is 7. The van der Waals surface area contributed by atoms with Crippen LogP contribution < -0.4 is 10.3 Å². The van der Waals surface area contributed by atoms with Crippen LogP contribution in [0.25, 0.3) is 4.96 Å². The van der Waals surface area contributed by atoms with E-state index in [-0.39, 0.29) is 17.1 Å². The normalized spacial score (nSPS) is 14.9. The molecule has 0 saturated carbocycles. The van der Waals surface area contributed by atoms with Crippen LogP contribution in [0.15, 0.2) is 40.0 Å². The molecular formula is C20H20ClN3O5S2. The minimum atomic E-state index is -3.92. The molecule has 0 fully saturated rings. The average molecular weight is 482 g/mol. The summed E-state index contributed by atoms with van der Waals surface area (Å²) >= 11 is 7.26. The highest BCUT2D eigenvalue weighted by atomic mass is 35.5. The first kappa shape index (κ1) is 21.9. The number of aromatic nitrogens is 2. The second kappa shape index (κ2) is 8.70. The fourth-order valence-electron chi connectivity index (χ4n) is 3.45. The maximum Gasteiger partial charge on any atom is 0.324 e. The van der Waals surface area contributed by atoms with Crippen molar-refractivity contribution in [1.29, 1.82) is 0 Å². The summed E-state index contributed by atoms with van der Waals surface area (Å²) in [5.41, 5.74) is 1.15. The number of ether oxygens (including phenoxy) is 1. The number of halogens is 1. The zero-order valence-corrected chi connectivity index (χ0v) is 19.0. The van der Waals surface area contributed by atoms with Crippen molar-refractivity contribution in [1.82, 2.24) is 14.1 Å². The Balaban J connectivity index is 1.44. The van der Waals surface area contributed by atoms with Crippen LogP contribution in [0.4, 0.5) is 0 Å². The van der Waals surface area contributed by atoms with Crippen molar-refractivity contribution >= 4 is 43.9 Å². The zero-order valence-electron chi connectivity index (χ0n) is 16.6. The molecule has 3 aromatic rings. The number of aryl methyl sites for hydroxylation is 2. The fourth-order valence-corrected chi connectivity index (χ4v) is 6.00. The molecule has 0 radical (unpaired) electrons. The topological polar surface area (TPSA) is 107 Å². The molecule has 1 aromatic carbocycles. The lowest BCUT2D eigenvalue weighted by Crippen LogP contribution is -2.39. The van der Waals surface area contributed by atoms with Crippen LogP contribution in [0.3, 0.4) is 0 Å². The SMILES string of the molecule is C[C@@H](NS(=O)(=O)c1ccc(Cl)cc1)C(=O)OCc1cc(=O)n2c3c(sc2n1)CCCC3. The first-order chi connectivity index (χ1) is 14.7. The summed E-state index contributed by atoms with van der Waals surface area (Å²) in [6, 6.07) is 5.81. The quantitative estimate of drug-likeness (QED) is 0.542. The van der Waals surface area contributed by atoms with Crippen LogP contribution in [-0.4, -0.2) is 29.8 Å². The van der Waals surface area contributed by atoms with Crippen LogP contribution in [0, 0.1) is 0 Å². The van der Waals surface area contributed by atoms with Crippen molar-refractivity contribution in [2.24, 2.45) is 0 Å². The summed E-state index contributed by atoms with van der Waals surface area (Å²) in [5.74, 6) is -0.773. The van der Waals surface area contributed by atoms with Gasteiger partial charge in [-0.05, 0) is 56.9 Å². The maximum atomic E-state index is 12.6. The molecule has 8 nitrogen and oxygen atoms in total. The van der Waals surface area contributed by atoms with Gasteiger partial charge in [-0.25, -0.2) is 13.4 Å². The summed E-state index contributed by atoms with van der Waals surface area (Å²) in [7, 11) is -3.92. The molecule has 0 bridgehead atoms. The molecule has 4 rings (SSSR count). The van der Waals surface area contributed by atoms with E-state index in [0.717, 1.165) is 31.4 Å². The third-order valence-electron chi connectivity index (χ3n) is 4.99. The van der Waals surface area contributed by atoms with Crippen LogP contribution in [0.5, 0.6) is 0 Å². The number of hydrogen-bond donors (Lipinski definition) is 1. The molecule has 11 heteroatoms. The number of rotatable bonds is 6. The average Bonchev–Trinajstić information content (AvgIpc) is 3.10. The number of fused-ring (bicyclic) bond motifs is 3. The number of nitrogens with one attached hydrogen (secondary N) is 1. The molecule has 0 aliphatic heterocycles. The maximum absolute atomic E-state index is 12.6. The number of nitrogens with zero attached hydrogens (tertiary/aromatic N) is 2. The predicted octanol–water partition coefficient (Wildman–Crippen LogP) is 2.70. The Bertz CT molecular complexity index is 1300. The van der Waals surface area contributed by atoms with Crippen molar-refractivity contribution in [3.05, 3.63) is 62.0 Å². The van der Waals surface area contributed by atoms with Crippen molar-refractivity contribution in [2.75, 3.05) is 0 Å². The van der Waals surface area contributed by atoms with Gasteiger partial charge in [0.05, 0.1) is 10.6 Å². The van der Waals surface area contributed by atoms with Crippen LogP contribution in [-0.2, 0) is 39.0 Å². The molecule has 1 N–H and O–H groups in total. The number of sulfonamides is 1. The van der Waals surface area contributed by atoms with Crippen molar-refractivity contribution in [3.63, 3.8) is 0 Å². The Morgan fingerprint density at radius 2 is 2.00 bits per heavy atom. The van der Waals surface area contributed by atoms with E-state index >= 15 is 0 Å². The Morgan fingerprint density at radius 3 is 2.74 bits per heavy atom. The van der Waals surface area contributed by atoms with Gasteiger partial charge in [0.1, 0.15) is 12.6 Å². The third-order valence-corrected chi connectivity index (χ3v) is 7.94. The summed E-state index contributed by atoms with van der Waals surface area (Å²) in [6.07, 6.45) is 3.95. The first-order valence-corrected chi connectivity index (χ1v) is 12.4. The summed E-state index contributed by atoms with van der Waals surface area (Å²) < 4.78 is 33.9. The van der Waals surface area contributed by atoms with E-state index in [1.807, 2.05) is 0 Å². The molecule has 1 aliphatic rings. The number of carbonyl (C=O) groups is 1. The fraction of sp³-hybridized carbons (Fsp3) is 0.350. The summed E-state index contributed by atoms with van der Waals surface area (Å²) in [4.78, 5) is 31.1. The highest BCUT2D eigenvalue weighted by Crippen LogP contribution is 2.28. The molecule has 0 spiro atoms. The highest BCUT2D eigenvalue weighted by Gasteiger charge is 2.24. The molecule has 0 amide bonds. The zero-order chi connectivity index (χ0) is 22.2. The molecule has 0 unspecified atom stereocenters. The molecule has 2 heterocycles. The predicted molar refractivity (Wildman–Crippen MR) is 117 cm³/mol. The lowest BCUT2D eigenvalue weighted by molar-refractivity contribution is -0.146. The number of carbonyl (C=O) groups excluding carboxylic acids is 1. The molecule has 2 aromatic heterocycles. The van der Waals surface area contributed by atoms with E-state index in [1.54, 1.807) is 4.40 Å². The lowest BCUT2D eigenvalue weighted by atomic mass is 10.0. The molecule has 1 aliphatic carbocycles. The van der Waals surface area contributed by atoms with E-state index < -0.39 is 22.0 Å². The van der Waals surface area contributed by atoms with Gasteiger partial charge in [0.15, 0.2) is 4.96 Å². The molecule has 1 atom stereocenters. The van der Waals surface area contributed by atoms with E-state index in [1.165, 1.54) is 53.5 Å². The van der Waals surface area contributed by atoms with Gasteiger partial charge in [0.2, 0.25) is 10.0 Å². The second-order valence-corrected chi connectivity index (χ2v) is 10.5. The van der Waals surface area contributed by atoms with Gasteiger partial charge in [-0.15, -0.1) is 11.3 Å². The van der Waals surface area contributed by atoms with Crippen LogP contribution >= 0.6 is 22.9 Å². The molecular weight excluding hydrogens is 462 g/mol. The number of esters is 1. The van der Waals surface area contributed by atoms with E-state index in [9.17, 15) is 18.0 Å². The Kier molecular flexibility index (Phi) is 6.16. The lowest BCUT2D eigenvalue weighted by Gasteiger charge is -2.14. The van der Waals surface area contributed by atoms with Crippen LogP contribution in [0.2, 0.25) is 5.02 Å². The van der Waals surface area contributed by atoms with Crippen molar-refractivity contribution in [3.8, 4) is 0 Å². The van der Waals surface area contributed by atoms with Gasteiger partial charge >= 0.3 is 5.97 Å². The minimum absolute atomic E-state index is 0.0154. The Labute approximate surface area is 187 Å². The van der Waals surface area contributed by atoms with E-state index in [4.69, 9.17) is 16.3 Å². The smallest absolute Gasteiger partial charge is 0.324 e. The Hall–Kier alpha value is -2.27. The molecule has 31 heavy (non-hydrogen) atoms. The Morgan fingerprint density at radius 1 is 1.29 bits per heavy atom. The van der Waals surface area contributed by atoms with Crippen molar-refractivity contribution in [2.45, 2.75) is 50.2 Å². The van der Waals surface area contributed by atoms with Crippen LogP contribution in [0.1, 0.15) is 36.0 Å². The highest BCUT2D eigenvalue weighted by molar-refractivity contribution is 7.89. The monoisotopic (exact) mass is 481 g/mol. The van der Waals surface area contributed by atoms with E-state index in [0.29, 0.717) is 15.7 Å². The van der Waals surface area contributed by atoms with Gasteiger partial charge in [0.25, 0.3) is 5.56 Å². The van der Waals surface area contributed by atoms with Crippen molar-refractivity contribution < 1.29 is 17.9 Å². The standard InChI is InChI=1S/C20H20ClN3O5S2/c1-12(23-31(27,28)15-8-6-13(21)7-9-15)19(26)29-11-14-10-18(25)24-16-4-2-3-5-17(16)30-20(24)22-14/h6-10,12,23H,2-5,11H2,1H3/t12-/m1/s1. The van der Waals surface area contributed by atoms with Gasteiger partial charge in [0, 0.05) is 21.7 Å². The second-order valence-electron chi connectivity index (χ2n) is 7.29. The summed E-state index contributed by atoms with van der Waals surface area (Å²) in [5, 5.41) is 0.401. The first-order valence-electron chi connectivity index (χ1n) is 9.72. The number of benzene rings is 1.